The summed E-state index contributed by atoms with van der Waals surface area (Å²) in [5.41, 5.74) is 1.33. The zero-order chi connectivity index (χ0) is 25.9. The van der Waals surface area contributed by atoms with E-state index < -0.39 is 23.8 Å². The van der Waals surface area contributed by atoms with E-state index in [0.717, 1.165) is 21.2 Å². The number of carboxylic acids is 1. The van der Waals surface area contributed by atoms with E-state index in [0.29, 0.717) is 11.3 Å². The first-order valence-corrected chi connectivity index (χ1v) is 11.4. The van der Waals surface area contributed by atoms with Gasteiger partial charge >= 0.3 is 12.0 Å². The quantitative estimate of drug-likeness (QED) is 0.296. The van der Waals surface area contributed by atoms with Crippen LogP contribution in [0.2, 0.25) is 0 Å². The molecule has 1 aliphatic heterocycles. The molecule has 4 amide bonds. The molecule has 0 aliphatic carbocycles. The molecular weight excluding hydrogens is 472 g/mol. The molecule has 8 nitrogen and oxygen atoms in total. The molecule has 0 saturated carbocycles. The van der Waals surface area contributed by atoms with Crippen LogP contribution in [-0.4, -0.2) is 28.9 Å². The molecule has 1 saturated heterocycles. The van der Waals surface area contributed by atoms with E-state index in [4.69, 9.17) is 9.84 Å². The molecule has 0 radical (unpaired) electrons. The Bertz CT molecular complexity index is 1580. The van der Waals surface area contributed by atoms with Crippen LogP contribution in [0.25, 0.3) is 16.8 Å². The standard InChI is InChI=1S/C29H20N2O6/c32-26-24(27(33)31(29(36)30-26)21-13-10-20(11-14-21)28(34)35)16-23-22-9-5-4-8-19(22)12-15-25(23)37-17-18-6-2-1-3-7-18/h1-16H,17H2,(H,34,35)(H,30,32,36)/b24-16+. The third-order valence-electron chi connectivity index (χ3n) is 5.93. The van der Waals surface area contributed by atoms with Crippen molar-refractivity contribution in [3.05, 3.63) is 113 Å². The van der Waals surface area contributed by atoms with E-state index in [1.807, 2.05) is 60.7 Å². The first kappa shape index (κ1) is 23.5. The van der Waals surface area contributed by atoms with Gasteiger partial charge in [-0.1, -0.05) is 60.7 Å². The van der Waals surface area contributed by atoms with Gasteiger partial charge in [-0.25, -0.2) is 14.5 Å². The van der Waals surface area contributed by atoms with Crippen molar-refractivity contribution in [3.63, 3.8) is 0 Å². The number of nitrogens with zero attached hydrogens (tertiary/aromatic N) is 1. The second kappa shape index (κ2) is 9.79. The van der Waals surface area contributed by atoms with Gasteiger partial charge in [-0.2, -0.15) is 0 Å². The maximum atomic E-state index is 13.4. The van der Waals surface area contributed by atoms with Crippen molar-refractivity contribution in [2.24, 2.45) is 0 Å². The number of carboxylic acid groups (broad SMARTS) is 1. The number of fused-ring (bicyclic) bond motifs is 1. The molecule has 1 aliphatic rings. The highest BCUT2D eigenvalue weighted by Gasteiger charge is 2.37. The highest BCUT2D eigenvalue weighted by atomic mass is 16.5. The molecule has 2 N–H and O–H groups in total. The van der Waals surface area contributed by atoms with Gasteiger partial charge in [0.25, 0.3) is 11.8 Å². The average molecular weight is 492 g/mol. The van der Waals surface area contributed by atoms with Crippen LogP contribution in [0.5, 0.6) is 5.75 Å². The van der Waals surface area contributed by atoms with Crippen molar-refractivity contribution < 1.29 is 29.0 Å². The van der Waals surface area contributed by atoms with E-state index in [-0.39, 0.29) is 23.4 Å². The second-order valence-corrected chi connectivity index (χ2v) is 8.28. The number of carbonyl (C=O) groups excluding carboxylic acids is 3. The monoisotopic (exact) mass is 492 g/mol. The number of benzene rings is 4. The minimum Gasteiger partial charge on any atom is -0.488 e. The van der Waals surface area contributed by atoms with Gasteiger partial charge in [0, 0.05) is 5.56 Å². The van der Waals surface area contributed by atoms with Gasteiger partial charge in [0.2, 0.25) is 0 Å². The molecule has 0 unspecified atom stereocenters. The Kier molecular flexibility index (Phi) is 6.22. The minimum absolute atomic E-state index is 0.00331. The summed E-state index contributed by atoms with van der Waals surface area (Å²) in [6.07, 6.45) is 1.42. The lowest BCUT2D eigenvalue weighted by Crippen LogP contribution is -2.54. The molecule has 8 heteroatoms. The molecule has 0 aromatic heterocycles. The van der Waals surface area contributed by atoms with Gasteiger partial charge in [-0.3, -0.25) is 14.9 Å². The fourth-order valence-electron chi connectivity index (χ4n) is 4.08. The predicted octanol–water partition coefficient (Wildman–Crippen LogP) is 4.78. The lowest BCUT2D eigenvalue weighted by molar-refractivity contribution is -0.122. The normalized spacial score (nSPS) is 14.6. The molecule has 5 rings (SSSR count). The number of hydrogen-bond donors (Lipinski definition) is 2. The number of amides is 4. The fourth-order valence-corrected chi connectivity index (χ4v) is 4.08. The largest absolute Gasteiger partial charge is 0.488 e. The van der Waals surface area contributed by atoms with Gasteiger partial charge < -0.3 is 9.84 Å². The SMILES string of the molecule is O=C1NC(=O)N(c2ccc(C(=O)O)cc2)C(=O)/C1=C/c1c(OCc2ccccc2)ccc2ccccc12. The maximum absolute atomic E-state index is 13.4. The van der Waals surface area contributed by atoms with E-state index in [9.17, 15) is 19.2 Å². The molecule has 37 heavy (non-hydrogen) atoms. The summed E-state index contributed by atoms with van der Waals surface area (Å²) in [7, 11) is 0. The summed E-state index contributed by atoms with van der Waals surface area (Å²) in [6.45, 7) is 0.274. The number of hydrogen-bond acceptors (Lipinski definition) is 5. The highest BCUT2D eigenvalue weighted by molar-refractivity contribution is 6.39. The highest BCUT2D eigenvalue weighted by Crippen LogP contribution is 2.32. The number of barbiturate groups is 1. The number of aromatic carboxylic acids is 1. The van der Waals surface area contributed by atoms with Crippen molar-refractivity contribution >= 4 is 46.4 Å². The molecular formula is C29H20N2O6. The number of carbonyl (C=O) groups is 4. The van der Waals surface area contributed by atoms with E-state index in [1.165, 1.54) is 30.3 Å². The molecule has 4 aromatic carbocycles. The van der Waals surface area contributed by atoms with Crippen LogP contribution < -0.4 is 15.0 Å². The molecule has 0 spiro atoms. The smallest absolute Gasteiger partial charge is 0.335 e. The molecule has 0 bridgehead atoms. The van der Waals surface area contributed by atoms with E-state index in [2.05, 4.69) is 5.32 Å². The summed E-state index contributed by atoms with van der Waals surface area (Å²) in [6, 6.07) is 25.0. The van der Waals surface area contributed by atoms with Gasteiger partial charge in [-0.05, 0) is 52.7 Å². The van der Waals surface area contributed by atoms with Crippen molar-refractivity contribution in [3.8, 4) is 5.75 Å². The number of ether oxygens (including phenoxy) is 1. The first-order chi connectivity index (χ1) is 17.9. The number of urea groups is 1. The third kappa shape index (κ3) is 4.68. The number of anilines is 1. The first-order valence-electron chi connectivity index (χ1n) is 11.4. The molecule has 1 heterocycles. The van der Waals surface area contributed by atoms with Crippen molar-refractivity contribution in [2.45, 2.75) is 6.61 Å². The summed E-state index contributed by atoms with van der Waals surface area (Å²) >= 11 is 0. The Morgan fingerprint density at radius 2 is 1.57 bits per heavy atom. The molecule has 4 aromatic rings. The summed E-state index contributed by atoms with van der Waals surface area (Å²) in [5, 5.41) is 13.0. The molecule has 1 fully saturated rings. The predicted molar refractivity (Wildman–Crippen MR) is 137 cm³/mol. The van der Waals surface area contributed by atoms with Crippen molar-refractivity contribution in [1.29, 1.82) is 0 Å². The number of imide groups is 2. The lowest BCUT2D eigenvalue weighted by Gasteiger charge is -2.26. The van der Waals surface area contributed by atoms with Gasteiger partial charge in [-0.15, -0.1) is 0 Å². The van der Waals surface area contributed by atoms with Crippen molar-refractivity contribution in [1.82, 2.24) is 5.32 Å². The van der Waals surface area contributed by atoms with E-state index >= 15 is 0 Å². The fraction of sp³-hybridized carbons (Fsp3) is 0.0345. The summed E-state index contributed by atoms with van der Waals surface area (Å²) in [5.74, 6) is -2.35. The topological polar surface area (TPSA) is 113 Å². The third-order valence-corrected chi connectivity index (χ3v) is 5.93. The van der Waals surface area contributed by atoms with Crippen LogP contribution in [0, 0.1) is 0 Å². The summed E-state index contributed by atoms with van der Waals surface area (Å²) < 4.78 is 6.09. The average Bonchev–Trinajstić information content (AvgIpc) is 2.91. The maximum Gasteiger partial charge on any atom is 0.335 e. The second-order valence-electron chi connectivity index (χ2n) is 8.28. The van der Waals surface area contributed by atoms with Crippen molar-refractivity contribution in [2.75, 3.05) is 4.90 Å². The Hall–Kier alpha value is -5.24. The molecule has 0 atom stereocenters. The van der Waals surface area contributed by atoms with Gasteiger partial charge in [0.1, 0.15) is 17.9 Å². The number of nitrogens with one attached hydrogen (secondary N) is 1. The van der Waals surface area contributed by atoms with Crippen LogP contribution in [0.4, 0.5) is 10.5 Å². The number of rotatable bonds is 6. The van der Waals surface area contributed by atoms with E-state index in [1.54, 1.807) is 6.07 Å². The van der Waals surface area contributed by atoms with Crippen LogP contribution in [0.15, 0.2) is 96.6 Å². The summed E-state index contributed by atoms with van der Waals surface area (Å²) in [4.78, 5) is 50.8. The minimum atomic E-state index is -1.14. The Morgan fingerprint density at radius 3 is 2.30 bits per heavy atom. The zero-order valence-corrected chi connectivity index (χ0v) is 19.4. The van der Waals surface area contributed by atoms with Gasteiger partial charge in [0.05, 0.1) is 11.3 Å². The Morgan fingerprint density at radius 1 is 0.865 bits per heavy atom. The Balaban J connectivity index is 1.56. The van der Waals surface area contributed by atoms with Crippen LogP contribution in [0.1, 0.15) is 21.5 Å². The van der Waals surface area contributed by atoms with Crippen LogP contribution in [-0.2, 0) is 16.2 Å². The lowest BCUT2D eigenvalue weighted by atomic mass is 9.99. The Labute approximate surface area is 211 Å². The van der Waals surface area contributed by atoms with Crippen LogP contribution >= 0.6 is 0 Å². The zero-order valence-electron chi connectivity index (χ0n) is 19.4. The van der Waals surface area contributed by atoms with Gasteiger partial charge in [0.15, 0.2) is 0 Å². The van der Waals surface area contributed by atoms with Crippen LogP contribution in [0.3, 0.4) is 0 Å². The molecule has 182 valence electrons.